The van der Waals surface area contributed by atoms with Gasteiger partial charge >= 0.3 is 0 Å². The summed E-state index contributed by atoms with van der Waals surface area (Å²) in [5, 5.41) is 12.7. The summed E-state index contributed by atoms with van der Waals surface area (Å²) in [4.78, 5) is 12.7. The van der Waals surface area contributed by atoms with Crippen LogP contribution in [-0.2, 0) is 4.74 Å². The Morgan fingerprint density at radius 2 is 2.06 bits per heavy atom. The van der Waals surface area contributed by atoms with Gasteiger partial charge in [-0.3, -0.25) is 10.00 Å². The third-order valence-electron chi connectivity index (χ3n) is 7.97. The summed E-state index contributed by atoms with van der Waals surface area (Å²) < 4.78 is 7.47. The van der Waals surface area contributed by atoms with Gasteiger partial charge in [-0.05, 0) is 26.7 Å². The van der Waals surface area contributed by atoms with Crippen molar-refractivity contribution in [2.75, 3.05) is 48.4 Å². The zero-order valence-electron chi connectivity index (χ0n) is 18.5. The quantitative estimate of drug-likeness (QED) is 0.636. The Morgan fingerprint density at radius 1 is 1.25 bits per heavy atom. The van der Waals surface area contributed by atoms with E-state index in [2.05, 4.69) is 49.9 Å². The number of nitrogens with two attached hydrogens (primary N) is 1. The Bertz CT molecular complexity index is 1170. The van der Waals surface area contributed by atoms with Crippen LogP contribution in [0.5, 0.6) is 0 Å². The van der Waals surface area contributed by atoms with E-state index in [1.54, 1.807) is 10.9 Å². The van der Waals surface area contributed by atoms with E-state index in [9.17, 15) is 0 Å². The van der Waals surface area contributed by atoms with Crippen molar-refractivity contribution in [1.29, 1.82) is 0 Å². The zero-order valence-corrected chi connectivity index (χ0v) is 18.5. The highest BCUT2D eigenvalue weighted by Gasteiger charge is 2.62. The highest BCUT2D eigenvalue weighted by atomic mass is 16.5. The van der Waals surface area contributed by atoms with Gasteiger partial charge in [0.05, 0.1) is 36.5 Å². The average Bonchev–Trinajstić information content (AvgIpc) is 3.39. The van der Waals surface area contributed by atoms with Crippen molar-refractivity contribution in [2.24, 2.45) is 0 Å². The van der Waals surface area contributed by atoms with E-state index >= 15 is 0 Å². The number of aromatic nitrogens is 5. The van der Waals surface area contributed by atoms with Crippen LogP contribution in [0.4, 0.5) is 17.3 Å². The van der Waals surface area contributed by atoms with Crippen LogP contribution < -0.4 is 15.5 Å². The van der Waals surface area contributed by atoms with Gasteiger partial charge in [-0.1, -0.05) is 0 Å². The molecule has 3 aromatic heterocycles. The highest BCUT2D eigenvalue weighted by Crippen LogP contribution is 2.54. The summed E-state index contributed by atoms with van der Waals surface area (Å²) in [5.74, 6) is 2.22. The third kappa shape index (κ3) is 2.44. The molecule has 0 saturated carbocycles. The molecule has 0 amide bonds. The van der Waals surface area contributed by atoms with Crippen molar-refractivity contribution in [2.45, 2.75) is 50.4 Å². The van der Waals surface area contributed by atoms with Crippen LogP contribution in [0.15, 0.2) is 18.3 Å². The first-order valence-electron chi connectivity index (χ1n) is 11.6. The Hall–Kier alpha value is -2.85. The van der Waals surface area contributed by atoms with E-state index in [4.69, 9.17) is 15.5 Å². The Morgan fingerprint density at radius 3 is 2.75 bits per heavy atom. The van der Waals surface area contributed by atoms with Gasteiger partial charge in [0.1, 0.15) is 5.82 Å². The number of piperidine rings is 1. The minimum absolute atomic E-state index is 0.262. The lowest BCUT2D eigenvalue weighted by Crippen LogP contribution is -2.83. The number of fused-ring (bicyclic) bond motifs is 1. The average molecular weight is 436 g/mol. The van der Waals surface area contributed by atoms with Gasteiger partial charge in [-0.2, -0.15) is 9.78 Å². The van der Waals surface area contributed by atoms with Gasteiger partial charge in [0.15, 0.2) is 17.3 Å². The number of pyridine rings is 1. The Labute approximate surface area is 186 Å². The molecule has 2 unspecified atom stereocenters. The van der Waals surface area contributed by atoms with Crippen LogP contribution in [-0.4, -0.2) is 86.4 Å². The molecule has 4 aliphatic heterocycles. The molecule has 4 aliphatic rings. The summed E-state index contributed by atoms with van der Waals surface area (Å²) in [6, 6.07) is 5.64. The molecule has 7 rings (SSSR count). The second-order valence-electron chi connectivity index (χ2n) is 10.1. The number of hydrogen-bond donors (Lipinski definition) is 2. The number of piperazine rings is 1. The number of morpholine rings is 1. The number of hydrogen-bond acceptors (Lipinski definition) is 8. The maximum Gasteiger partial charge on any atom is 0.171 e. The summed E-state index contributed by atoms with van der Waals surface area (Å²) >= 11 is 0. The largest absolute Gasteiger partial charge is 0.382 e. The first-order chi connectivity index (χ1) is 15.5. The Balaban J connectivity index is 1.38. The number of H-pyrrole nitrogens is 1. The molecule has 0 spiro atoms. The lowest BCUT2D eigenvalue weighted by molar-refractivity contribution is -0.194. The second-order valence-corrected chi connectivity index (χ2v) is 10.1. The fourth-order valence-corrected chi connectivity index (χ4v) is 6.65. The molecule has 3 N–H and O–H groups in total. The number of rotatable bonds is 3. The first-order valence-corrected chi connectivity index (χ1v) is 11.6. The molecule has 3 atom stereocenters. The summed E-state index contributed by atoms with van der Waals surface area (Å²) in [6.07, 6.45) is 4.28. The lowest BCUT2D eigenvalue weighted by Gasteiger charge is -2.73. The molecular weight excluding hydrogens is 406 g/mol. The zero-order chi connectivity index (χ0) is 21.6. The smallest absolute Gasteiger partial charge is 0.171 e. The molecule has 10 heteroatoms. The molecule has 4 fully saturated rings. The molecule has 0 aromatic carbocycles. The second kappa shape index (κ2) is 6.35. The molecule has 7 heterocycles. The van der Waals surface area contributed by atoms with Crippen LogP contribution in [0, 0.1) is 0 Å². The van der Waals surface area contributed by atoms with Crippen LogP contribution in [0.25, 0.3) is 16.9 Å². The van der Waals surface area contributed by atoms with E-state index in [-0.39, 0.29) is 6.04 Å². The maximum atomic E-state index is 6.51. The van der Waals surface area contributed by atoms with Crippen LogP contribution in [0.1, 0.15) is 26.7 Å². The molecule has 3 aromatic rings. The highest BCUT2D eigenvalue weighted by molar-refractivity contribution is 6.00. The summed E-state index contributed by atoms with van der Waals surface area (Å²) in [6.45, 7) is 8.89. The molecule has 10 nitrogen and oxygen atoms in total. The normalized spacial score (nSPS) is 32.0. The molecule has 32 heavy (non-hydrogen) atoms. The number of nitrogens with one attached hydrogen (secondary N) is 1. The van der Waals surface area contributed by atoms with Crippen molar-refractivity contribution in [1.82, 2.24) is 29.9 Å². The van der Waals surface area contributed by atoms with E-state index in [1.165, 1.54) is 12.8 Å². The number of aromatic amines is 1. The number of anilines is 3. The first kappa shape index (κ1) is 18.7. The number of nitrogens with zero attached hydrogens (tertiary/aromatic N) is 7. The van der Waals surface area contributed by atoms with Crippen LogP contribution in [0.2, 0.25) is 0 Å². The van der Waals surface area contributed by atoms with Gasteiger partial charge in [0, 0.05) is 49.4 Å². The summed E-state index contributed by atoms with van der Waals surface area (Å²) in [7, 11) is 0. The van der Waals surface area contributed by atoms with E-state index in [0.29, 0.717) is 36.7 Å². The molecular formula is C22H29N9O. The fraction of sp³-hybridized carbons (Fsp3) is 0.591. The van der Waals surface area contributed by atoms with Gasteiger partial charge in [-0.25, -0.2) is 4.98 Å². The number of nitrogen functional groups attached to an aromatic ring is 1. The van der Waals surface area contributed by atoms with Gasteiger partial charge in [0.25, 0.3) is 0 Å². The standard InChI is InChI=1S/C22H29N9O/c1-13-12-32-6-5-29(13)18-7-16(28-10-14-8-22(2)9-15(11-28)30(14)22)19-20(23)27-31(21(19)25-18)17-3-4-24-26-17/h3-4,7,13-15H,5-6,8-12H2,1-2H3,(H2,23,27)(H,24,26)/t13-,14?,15?,22?/m1/s1. The monoisotopic (exact) mass is 435 g/mol. The lowest BCUT2D eigenvalue weighted by atomic mass is 9.64. The molecule has 4 saturated heterocycles. The molecule has 168 valence electrons. The molecule has 0 aliphatic carbocycles. The van der Waals surface area contributed by atoms with Crippen molar-refractivity contribution in [3.05, 3.63) is 18.3 Å². The van der Waals surface area contributed by atoms with Crippen molar-refractivity contribution in [3.8, 4) is 5.82 Å². The van der Waals surface area contributed by atoms with Gasteiger partial charge in [-0.15, -0.1) is 5.10 Å². The third-order valence-corrected chi connectivity index (χ3v) is 7.97. The van der Waals surface area contributed by atoms with Crippen LogP contribution >= 0.6 is 0 Å². The van der Waals surface area contributed by atoms with Gasteiger partial charge in [0.2, 0.25) is 0 Å². The molecule has 0 bridgehead atoms. The molecule has 0 radical (unpaired) electrons. The SMILES string of the molecule is C[C@@H]1COCCN1c1cc(N2CC3CC4(C)CC(C2)N34)c2c(N)nn(-c3ccn[nH]3)c2n1. The van der Waals surface area contributed by atoms with E-state index in [0.717, 1.165) is 48.0 Å². The van der Waals surface area contributed by atoms with E-state index < -0.39 is 0 Å². The van der Waals surface area contributed by atoms with Crippen molar-refractivity contribution in [3.63, 3.8) is 0 Å². The predicted octanol–water partition coefficient (Wildman–Crippen LogP) is 1.38. The number of ether oxygens (including phenoxy) is 1. The topological polar surface area (TPSA) is 104 Å². The van der Waals surface area contributed by atoms with Crippen LogP contribution in [0.3, 0.4) is 0 Å². The minimum Gasteiger partial charge on any atom is -0.382 e. The van der Waals surface area contributed by atoms with Crippen molar-refractivity contribution >= 4 is 28.4 Å². The Kier molecular flexibility index (Phi) is 3.71. The van der Waals surface area contributed by atoms with Crippen molar-refractivity contribution < 1.29 is 4.74 Å². The minimum atomic E-state index is 0.262. The van der Waals surface area contributed by atoms with Gasteiger partial charge < -0.3 is 20.3 Å². The van der Waals surface area contributed by atoms with E-state index in [1.807, 2.05) is 6.07 Å². The summed E-state index contributed by atoms with van der Waals surface area (Å²) in [5.41, 5.74) is 8.88. The maximum absolute atomic E-state index is 6.51. The fourth-order valence-electron chi connectivity index (χ4n) is 6.65. The predicted molar refractivity (Wildman–Crippen MR) is 122 cm³/mol.